The van der Waals surface area contributed by atoms with E-state index in [1.165, 1.54) is 114 Å². The van der Waals surface area contributed by atoms with Gasteiger partial charge in [-0.2, -0.15) is 0 Å². The zero-order chi connectivity index (χ0) is 24.2. The second kappa shape index (κ2) is 11.7. The SMILES string of the molecule is CCCCCCCC1CCC(C2CCC3CC(c4ccc5c(F)c(F)ccc5c4)CCC3C2)CC1. The number of fused-ring (bicyclic) bond motifs is 2. The highest BCUT2D eigenvalue weighted by atomic mass is 19.2. The maximum atomic E-state index is 14.1. The van der Waals surface area contributed by atoms with Crippen LogP contribution in [-0.2, 0) is 0 Å². The number of unbranched alkanes of at least 4 members (excludes halogenated alkanes) is 4. The van der Waals surface area contributed by atoms with E-state index in [1.54, 1.807) is 12.1 Å². The summed E-state index contributed by atoms with van der Waals surface area (Å²) in [5, 5.41) is 1.25. The van der Waals surface area contributed by atoms with Crippen LogP contribution < -0.4 is 0 Å². The second-order valence-corrected chi connectivity index (χ2v) is 12.4. The molecule has 0 amide bonds. The summed E-state index contributed by atoms with van der Waals surface area (Å²) >= 11 is 0. The first-order valence-corrected chi connectivity index (χ1v) is 15.0. The van der Waals surface area contributed by atoms with Gasteiger partial charge in [0.1, 0.15) is 0 Å². The highest BCUT2D eigenvalue weighted by molar-refractivity contribution is 5.84. The van der Waals surface area contributed by atoms with E-state index in [2.05, 4.69) is 19.1 Å². The molecule has 5 rings (SSSR count). The lowest BCUT2D eigenvalue weighted by atomic mass is 9.60. The van der Waals surface area contributed by atoms with Crippen LogP contribution in [-0.4, -0.2) is 0 Å². The Hall–Kier alpha value is -1.44. The predicted molar refractivity (Wildman–Crippen MR) is 144 cm³/mol. The van der Waals surface area contributed by atoms with E-state index in [0.29, 0.717) is 11.3 Å². The summed E-state index contributed by atoms with van der Waals surface area (Å²) in [4.78, 5) is 0. The molecule has 3 aliphatic carbocycles. The smallest absolute Gasteiger partial charge is 0.166 e. The fourth-order valence-corrected chi connectivity index (χ4v) is 8.18. The average Bonchev–Trinajstić information content (AvgIpc) is 2.90. The normalized spacial score (nSPS) is 31.4. The molecule has 3 saturated carbocycles. The Bertz CT molecular complexity index is 957. The van der Waals surface area contributed by atoms with Gasteiger partial charge in [0.05, 0.1) is 0 Å². The molecular formula is C33H46F2. The van der Waals surface area contributed by atoms with Crippen LogP contribution in [0.2, 0.25) is 0 Å². The Morgan fingerprint density at radius 1 is 0.686 bits per heavy atom. The van der Waals surface area contributed by atoms with E-state index >= 15 is 0 Å². The van der Waals surface area contributed by atoms with Gasteiger partial charge in [0.25, 0.3) is 0 Å². The predicted octanol–water partition coefficient (Wildman–Crippen LogP) is 10.6. The van der Waals surface area contributed by atoms with E-state index in [1.807, 2.05) is 0 Å². The molecule has 2 heteroatoms. The quantitative estimate of drug-likeness (QED) is 0.330. The number of hydrogen-bond donors (Lipinski definition) is 0. The topological polar surface area (TPSA) is 0 Å². The zero-order valence-corrected chi connectivity index (χ0v) is 21.9. The highest BCUT2D eigenvalue weighted by Crippen LogP contribution is 2.51. The number of hydrogen-bond acceptors (Lipinski definition) is 0. The molecule has 0 aliphatic heterocycles. The van der Waals surface area contributed by atoms with Crippen LogP contribution in [0.3, 0.4) is 0 Å². The fourth-order valence-electron chi connectivity index (χ4n) is 8.18. The molecule has 2 aromatic carbocycles. The third kappa shape index (κ3) is 5.94. The van der Waals surface area contributed by atoms with Crippen molar-refractivity contribution < 1.29 is 8.78 Å². The summed E-state index contributed by atoms with van der Waals surface area (Å²) in [7, 11) is 0. The van der Waals surface area contributed by atoms with Gasteiger partial charge in [-0.1, -0.05) is 82.6 Å². The zero-order valence-electron chi connectivity index (χ0n) is 21.9. The molecule has 0 saturated heterocycles. The van der Waals surface area contributed by atoms with Crippen molar-refractivity contribution in [3.05, 3.63) is 47.5 Å². The Kier molecular flexibility index (Phi) is 8.46. The highest BCUT2D eigenvalue weighted by Gasteiger charge is 2.39. The van der Waals surface area contributed by atoms with E-state index in [9.17, 15) is 8.78 Å². The third-order valence-electron chi connectivity index (χ3n) is 10.3. The molecule has 0 aromatic heterocycles. The molecular weight excluding hydrogens is 434 g/mol. The Morgan fingerprint density at radius 3 is 2.17 bits per heavy atom. The van der Waals surface area contributed by atoms with Crippen LogP contribution in [0.15, 0.2) is 30.3 Å². The van der Waals surface area contributed by atoms with Gasteiger partial charge in [-0.25, -0.2) is 8.78 Å². The van der Waals surface area contributed by atoms with Crippen molar-refractivity contribution in [1.29, 1.82) is 0 Å². The van der Waals surface area contributed by atoms with Crippen molar-refractivity contribution in [2.45, 2.75) is 116 Å². The molecule has 3 fully saturated rings. The lowest BCUT2D eigenvalue weighted by Gasteiger charge is -2.45. The van der Waals surface area contributed by atoms with E-state index in [0.717, 1.165) is 35.0 Å². The lowest BCUT2D eigenvalue weighted by molar-refractivity contribution is 0.0710. The molecule has 4 unspecified atom stereocenters. The monoisotopic (exact) mass is 480 g/mol. The maximum Gasteiger partial charge on any atom is 0.166 e. The second-order valence-electron chi connectivity index (χ2n) is 12.4. The summed E-state index contributed by atoms with van der Waals surface area (Å²) in [6, 6.07) is 8.98. The van der Waals surface area contributed by atoms with E-state index in [-0.39, 0.29) is 0 Å². The number of benzene rings is 2. The molecule has 3 aliphatic rings. The van der Waals surface area contributed by atoms with Crippen molar-refractivity contribution in [3.8, 4) is 0 Å². The van der Waals surface area contributed by atoms with Crippen LogP contribution in [0.5, 0.6) is 0 Å². The molecule has 4 atom stereocenters. The fraction of sp³-hybridized carbons (Fsp3) is 0.697. The molecule has 35 heavy (non-hydrogen) atoms. The van der Waals surface area contributed by atoms with Crippen LogP contribution >= 0.6 is 0 Å². The van der Waals surface area contributed by atoms with Crippen LogP contribution in [0.4, 0.5) is 8.78 Å². The summed E-state index contributed by atoms with van der Waals surface area (Å²) in [6.07, 6.45) is 22.8. The minimum atomic E-state index is -0.751. The Balaban J connectivity index is 1.10. The standard InChI is InChI=1S/C33H46F2/c1-2-3-4-5-6-7-23-8-10-24(11-9-23)25-12-13-27-21-28(15-14-26(27)20-25)29-16-18-31-30(22-29)17-19-32(34)33(31)35/h16-19,22-28H,2-15,20-21H2,1H3. The first-order valence-electron chi connectivity index (χ1n) is 15.0. The molecule has 2 aromatic rings. The van der Waals surface area contributed by atoms with E-state index in [4.69, 9.17) is 0 Å². The minimum absolute atomic E-state index is 0.411. The van der Waals surface area contributed by atoms with Crippen LogP contribution in [0, 0.1) is 41.2 Å². The van der Waals surface area contributed by atoms with Gasteiger partial charge in [0.15, 0.2) is 11.6 Å². The number of rotatable bonds is 8. The largest absolute Gasteiger partial charge is 0.204 e. The Labute approximate surface area is 212 Å². The molecule has 0 spiro atoms. The maximum absolute atomic E-state index is 14.1. The molecule has 192 valence electrons. The van der Waals surface area contributed by atoms with Gasteiger partial charge in [-0.05, 0) is 104 Å². The third-order valence-corrected chi connectivity index (χ3v) is 10.3. The van der Waals surface area contributed by atoms with Crippen LogP contribution in [0.1, 0.15) is 121 Å². The van der Waals surface area contributed by atoms with Gasteiger partial charge in [-0.3, -0.25) is 0 Å². The molecule has 0 bridgehead atoms. The first-order chi connectivity index (χ1) is 17.1. The summed E-state index contributed by atoms with van der Waals surface area (Å²) in [5.74, 6) is 3.91. The van der Waals surface area contributed by atoms with Crippen molar-refractivity contribution in [1.82, 2.24) is 0 Å². The molecule has 0 N–H and O–H groups in total. The first kappa shape index (κ1) is 25.2. The number of halogens is 2. The van der Waals surface area contributed by atoms with Crippen molar-refractivity contribution in [2.75, 3.05) is 0 Å². The van der Waals surface area contributed by atoms with Crippen molar-refractivity contribution in [2.24, 2.45) is 29.6 Å². The van der Waals surface area contributed by atoms with Crippen molar-refractivity contribution in [3.63, 3.8) is 0 Å². The van der Waals surface area contributed by atoms with E-state index < -0.39 is 11.6 Å². The minimum Gasteiger partial charge on any atom is -0.204 e. The van der Waals surface area contributed by atoms with Gasteiger partial charge < -0.3 is 0 Å². The van der Waals surface area contributed by atoms with Gasteiger partial charge in [-0.15, -0.1) is 0 Å². The van der Waals surface area contributed by atoms with Gasteiger partial charge in [0.2, 0.25) is 0 Å². The molecule has 0 heterocycles. The molecule has 0 radical (unpaired) electrons. The molecule has 0 nitrogen and oxygen atoms in total. The van der Waals surface area contributed by atoms with Crippen LogP contribution in [0.25, 0.3) is 10.8 Å². The average molecular weight is 481 g/mol. The van der Waals surface area contributed by atoms with Gasteiger partial charge >= 0.3 is 0 Å². The summed E-state index contributed by atoms with van der Waals surface area (Å²) in [6.45, 7) is 2.30. The summed E-state index contributed by atoms with van der Waals surface area (Å²) < 4.78 is 27.7. The lowest BCUT2D eigenvalue weighted by Crippen LogP contribution is -2.34. The Morgan fingerprint density at radius 2 is 1.37 bits per heavy atom. The summed E-state index contributed by atoms with van der Waals surface area (Å²) in [5.41, 5.74) is 1.33. The van der Waals surface area contributed by atoms with Crippen molar-refractivity contribution >= 4 is 10.8 Å². The van der Waals surface area contributed by atoms with Gasteiger partial charge in [0, 0.05) is 5.39 Å².